The van der Waals surface area contributed by atoms with E-state index in [2.05, 4.69) is 31.2 Å². The molecule has 1 saturated carbocycles. The second-order valence-corrected chi connectivity index (χ2v) is 5.60. The summed E-state index contributed by atoms with van der Waals surface area (Å²) in [4.78, 5) is 8.96. The number of benzene rings is 1. The molecule has 1 aromatic heterocycles. The highest BCUT2D eigenvalue weighted by Gasteiger charge is 2.26. The van der Waals surface area contributed by atoms with Gasteiger partial charge in [-0.05, 0) is 31.0 Å². The third-order valence-electron chi connectivity index (χ3n) is 3.12. The number of aromatic nitrogens is 2. The first kappa shape index (κ1) is 12.5. The molecule has 1 aromatic carbocycles. The lowest BCUT2D eigenvalue weighted by atomic mass is 10.2. The van der Waals surface area contributed by atoms with Gasteiger partial charge in [0.25, 0.3) is 0 Å². The van der Waals surface area contributed by atoms with Gasteiger partial charge < -0.3 is 5.32 Å². The van der Waals surface area contributed by atoms with Crippen LogP contribution >= 0.6 is 15.9 Å². The van der Waals surface area contributed by atoms with Crippen molar-refractivity contribution < 1.29 is 4.39 Å². The lowest BCUT2D eigenvalue weighted by molar-refractivity contribution is 0.627. The Labute approximate surface area is 119 Å². The van der Waals surface area contributed by atoms with Crippen LogP contribution in [0.25, 0.3) is 11.4 Å². The number of hydrogen-bond donors (Lipinski definition) is 1. The maximum atomic E-state index is 13.5. The summed E-state index contributed by atoms with van der Waals surface area (Å²) in [6, 6.07) is 6.67. The molecule has 0 aliphatic heterocycles. The van der Waals surface area contributed by atoms with Crippen molar-refractivity contribution in [1.29, 1.82) is 0 Å². The van der Waals surface area contributed by atoms with Crippen molar-refractivity contribution in [1.82, 2.24) is 9.97 Å². The Morgan fingerprint density at radius 1 is 1.21 bits per heavy atom. The summed E-state index contributed by atoms with van der Waals surface area (Å²) in [7, 11) is 1.82. The molecule has 1 heterocycles. The van der Waals surface area contributed by atoms with Crippen LogP contribution in [-0.2, 0) is 0 Å². The average Bonchev–Trinajstić information content (AvgIpc) is 3.21. The minimum absolute atomic E-state index is 0.296. The fourth-order valence-corrected chi connectivity index (χ4v) is 2.46. The van der Waals surface area contributed by atoms with Gasteiger partial charge in [0.1, 0.15) is 11.6 Å². The molecule has 1 fully saturated rings. The first-order chi connectivity index (χ1) is 9.15. The Morgan fingerprint density at radius 2 is 2.00 bits per heavy atom. The summed E-state index contributed by atoms with van der Waals surface area (Å²) in [5.74, 6) is 1.57. The smallest absolute Gasteiger partial charge is 0.161 e. The summed E-state index contributed by atoms with van der Waals surface area (Å²) >= 11 is 3.29. The van der Waals surface area contributed by atoms with Gasteiger partial charge in [-0.1, -0.05) is 15.9 Å². The van der Waals surface area contributed by atoms with Gasteiger partial charge in [0.05, 0.1) is 0 Å². The number of rotatable bonds is 3. The molecule has 98 valence electrons. The summed E-state index contributed by atoms with van der Waals surface area (Å²) in [5, 5.41) is 3.03. The molecular weight excluding hydrogens is 309 g/mol. The third kappa shape index (κ3) is 2.76. The normalized spacial score (nSPS) is 14.5. The molecule has 0 bridgehead atoms. The molecule has 1 aliphatic carbocycles. The van der Waals surface area contributed by atoms with E-state index in [0.29, 0.717) is 21.8 Å². The van der Waals surface area contributed by atoms with Crippen LogP contribution in [0, 0.1) is 5.82 Å². The molecule has 0 amide bonds. The van der Waals surface area contributed by atoms with E-state index in [1.807, 2.05) is 19.2 Å². The van der Waals surface area contributed by atoms with Crippen molar-refractivity contribution in [3.8, 4) is 11.4 Å². The quantitative estimate of drug-likeness (QED) is 0.929. The summed E-state index contributed by atoms with van der Waals surface area (Å²) in [6.45, 7) is 0. The molecule has 0 saturated heterocycles. The van der Waals surface area contributed by atoms with E-state index in [4.69, 9.17) is 0 Å². The van der Waals surface area contributed by atoms with Crippen molar-refractivity contribution in [2.45, 2.75) is 18.8 Å². The molecule has 3 rings (SSSR count). The Bertz CT molecular complexity index is 606. The first-order valence-corrected chi connectivity index (χ1v) is 6.98. The fraction of sp³-hybridized carbons (Fsp3) is 0.286. The number of hydrogen-bond acceptors (Lipinski definition) is 3. The lowest BCUT2D eigenvalue weighted by Crippen LogP contribution is -2.00. The van der Waals surface area contributed by atoms with Gasteiger partial charge in [-0.25, -0.2) is 14.4 Å². The average molecular weight is 322 g/mol. The predicted molar refractivity (Wildman–Crippen MR) is 76.6 cm³/mol. The molecule has 0 unspecified atom stereocenters. The Balaban J connectivity index is 2.09. The van der Waals surface area contributed by atoms with E-state index < -0.39 is 0 Å². The molecular formula is C14H13BrFN3. The number of nitrogens with one attached hydrogen (secondary N) is 1. The molecule has 0 radical (unpaired) electrons. The number of anilines is 1. The van der Waals surface area contributed by atoms with Gasteiger partial charge in [0.15, 0.2) is 5.82 Å². The zero-order valence-electron chi connectivity index (χ0n) is 10.5. The van der Waals surface area contributed by atoms with Crippen molar-refractivity contribution in [2.75, 3.05) is 12.4 Å². The van der Waals surface area contributed by atoms with Crippen LogP contribution in [0.3, 0.4) is 0 Å². The van der Waals surface area contributed by atoms with Crippen molar-refractivity contribution in [3.05, 3.63) is 40.2 Å². The number of halogens is 2. The molecule has 19 heavy (non-hydrogen) atoms. The van der Waals surface area contributed by atoms with E-state index in [1.54, 1.807) is 0 Å². The molecule has 0 atom stereocenters. The van der Waals surface area contributed by atoms with Crippen molar-refractivity contribution >= 4 is 21.7 Å². The summed E-state index contributed by atoms with van der Waals surface area (Å²) in [5.41, 5.74) is 1.72. The SMILES string of the molecule is CNc1cc(C2CC2)nc(-c2cc(F)cc(Br)c2)n1. The zero-order chi connectivity index (χ0) is 13.4. The molecule has 2 aromatic rings. The highest BCUT2D eigenvalue weighted by atomic mass is 79.9. The van der Waals surface area contributed by atoms with Crippen molar-refractivity contribution in [2.24, 2.45) is 0 Å². The molecule has 0 spiro atoms. The van der Waals surface area contributed by atoms with Crippen LogP contribution in [0.1, 0.15) is 24.5 Å². The minimum Gasteiger partial charge on any atom is -0.373 e. The molecule has 3 nitrogen and oxygen atoms in total. The first-order valence-electron chi connectivity index (χ1n) is 6.19. The second-order valence-electron chi connectivity index (χ2n) is 4.68. The summed E-state index contributed by atoms with van der Waals surface area (Å²) < 4.78 is 14.2. The lowest BCUT2D eigenvalue weighted by Gasteiger charge is -2.08. The van der Waals surface area contributed by atoms with E-state index in [0.717, 1.165) is 11.5 Å². The predicted octanol–water partition coefficient (Wildman–Crippen LogP) is 3.96. The molecule has 1 N–H and O–H groups in total. The fourth-order valence-electron chi connectivity index (χ4n) is 1.99. The van der Waals surface area contributed by atoms with Gasteiger partial charge in [-0.15, -0.1) is 0 Å². The topological polar surface area (TPSA) is 37.8 Å². The van der Waals surface area contributed by atoms with Crippen LogP contribution in [0.4, 0.5) is 10.2 Å². The van der Waals surface area contributed by atoms with Crippen molar-refractivity contribution in [3.63, 3.8) is 0 Å². The van der Waals surface area contributed by atoms with Crippen LogP contribution in [-0.4, -0.2) is 17.0 Å². The van der Waals surface area contributed by atoms with E-state index in [1.165, 1.54) is 25.0 Å². The van der Waals surface area contributed by atoms with Crippen LogP contribution < -0.4 is 5.32 Å². The molecule has 1 aliphatic rings. The summed E-state index contributed by atoms with van der Waals surface area (Å²) in [6.07, 6.45) is 2.35. The van der Waals surface area contributed by atoms with Crippen LogP contribution in [0.15, 0.2) is 28.7 Å². The highest BCUT2D eigenvalue weighted by molar-refractivity contribution is 9.10. The minimum atomic E-state index is -0.296. The van der Waals surface area contributed by atoms with Gasteiger partial charge in [-0.3, -0.25) is 0 Å². The van der Waals surface area contributed by atoms with Gasteiger partial charge in [0, 0.05) is 34.8 Å². The van der Waals surface area contributed by atoms with E-state index in [9.17, 15) is 4.39 Å². The van der Waals surface area contributed by atoms with Crippen LogP contribution in [0.5, 0.6) is 0 Å². The van der Waals surface area contributed by atoms with Gasteiger partial charge in [-0.2, -0.15) is 0 Å². The standard InChI is InChI=1S/C14H13BrFN3/c1-17-13-7-12(8-2-3-8)18-14(19-13)9-4-10(15)6-11(16)5-9/h4-8H,2-3H2,1H3,(H,17,18,19). The number of nitrogens with zero attached hydrogens (tertiary/aromatic N) is 2. The van der Waals surface area contributed by atoms with Gasteiger partial charge >= 0.3 is 0 Å². The second kappa shape index (κ2) is 4.89. The Hall–Kier alpha value is -1.49. The van der Waals surface area contributed by atoms with E-state index >= 15 is 0 Å². The maximum Gasteiger partial charge on any atom is 0.161 e. The molecule has 5 heteroatoms. The third-order valence-corrected chi connectivity index (χ3v) is 3.58. The van der Waals surface area contributed by atoms with E-state index in [-0.39, 0.29) is 5.82 Å². The Kier molecular flexibility index (Phi) is 3.22. The highest BCUT2D eigenvalue weighted by Crippen LogP contribution is 2.40. The maximum absolute atomic E-state index is 13.5. The van der Waals surface area contributed by atoms with Crippen LogP contribution in [0.2, 0.25) is 0 Å². The van der Waals surface area contributed by atoms with Gasteiger partial charge in [0.2, 0.25) is 0 Å². The Morgan fingerprint density at radius 3 is 2.63 bits per heavy atom. The monoisotopic (exact) mass is 321 g/mol. The zero-order valence-corrected chi connectivity index (χ0v) is 12.0. The largest absolute Gasteiger partial charge is 0.373 e.